The van der Waals surface area contributed by atoms with Crippen molar-refractivity contribution in [3.8, 4) is 0 Å². The van der Waals surface area contributed by atoms with Gasteiger partial charge in [-0.3, -0.25) is 0 Å². The first-order valence-electron chi connectivity index (χ1n) is 5.54. The molecule has 16 heavy (non-hydrogen) atoms. The molecule has 3 rings (SSSR count). The molecule has 2 nitrogen and oxygen atoms in total. The molecule has 0 spiro atoms. The molecule has 2 N–H and O–H groups in total. The number of nitrogens with two attached hydrogens (primary N) is 1. The van der Waals surface area contributed by atoms with E-state index in [4.69, 9.17) is 5.73 Å². The summed E-state index contributed by atoms with van der Waals surface area (Å²) in [5.74, 6) is 0.267. The van der Waals surface area contributed by atoms with Gasteiger partial charge in [0.05, 0.1) is 15.2 Å². The average Bonchev–Trinajstić information content (AvgIpc) is 2.83. The molecule has 0 bridgehead atoms. The fourth-order valence-electron chi connectivity index (χ4n) is 2.33. The smallest absolute Gasteiger partial charge is 0.125 e. The molecule has 1 saturated carbocycles. The first-order valence-corrected chi connectivity index (χ1v) is 6.35. The molecular weight excluding hydrogens is 223 g/mol. The van der Waals surface area contributed by atoms with Gasteiger partial charge in [-0.05, 0) is 31.4 Å². The van der Waals surface area contributed by atoms with E-state index in [9.17, 15) is 4.39 Å². The van der Waals surface area contributed by atoms with E-state index in [1.807, 2.05) is 0 Å². The molecule has 2 atom stereocenters. The van der Waals surface area contributed by atoms with Crippen LogP contribution in [-0.4, -0.2) is 11.0 Å². The van der Waals surface area contributed by atoms with Crippen LogP contribution in [0.15, 0.2) is 18.2 Å². The van der Waals surface area contributed by atoms with E-state index >= 15 is 0 Å². The Labute approximate surface area is 97.3 Å². The Bertz CT molecular complexity index is 523. The number of rotatable bonds is 1. The summed E-state index contributed by atoms with van der Waals surface area (Å²) in [5, 5.41) is 1.12. The van der Waals surface area contributed by atoms with Crippen LogP contribution in [0.25, 0.3) is 10.2 Å². The molecule has 1 aliphatic carbocycles. The van der Waals surface area contributed by atoms with Gasteiger partial charge < -0.3 is 5.73 Å². The first kappa shape index (κ1) is 10.2. The van der Waals surface area contributed by atoms with E-state index in [1.54, 1.807) is 17.4 Å². The van der Waals surface area contributed by atoms with Gasteiger partial charge in [0.25, 0.3) is 0 Å². The van der Waals surface area contributed by atoms with Crippen LogP contribution in [-0.2, 0) is 0 Å². The van der Waals surface area contributed by atoms with Gasteiger partial charge in [0.2, 0.25) is 0 Å². The molecule has 1 heterocycles. The quantitative estimate of drug-likeness (QED) is 0.826. The Balaban J connectivity index is 1.99. The summed E-state index contributed by atoms with van der Waals surface area (Å²) in [6.07, 6.45) is 3.21. The predicted octanol–water partition coefficient (Wildman–Crippen LogP) is 3.03. The zero-order valence-corrected chi connectivity index (χ0v) is 9.64. The standard InChI is InChI=1S/C12H13FN2S/c13-8-2-4-11-10(6-8)15-12(16-11)7-1-3-9(14)5-7/h2,4,6-7,9H,1,3,5,14H2/t7-,9+/m1/s1. The first-order chi connectivity index (χ1) is 7.72. The van der Waals surface area contributed by atoms with Crippen molar-refractivity contribution in [3.05, 3.63) is 29.0 Å². The van der Waals surface area contributed by atoms with E-state index in [0.717, 1.165) is 34.5 Å². The highest BCUT2D eigenvalue weighted by atomic mass is 32.1. The summed E-state index contributed by atoms with van der Waals surface area (Å²) in [7, 11) is 0. The fourth-order valence-corrected chi connectivity index (χ4v) is 3.43. The Morgan fingerprint density at radius 2 is 2.25 bits per heavy atom. The molecule has 1 fully saturated rings. The number of thiazole rings is 1. The number of benzene rings is 1. The minimum absolute atomic E-state index is 0.215. The molecule has 1 aliphatic rings. The van der Waals surface area contributed by atoms with E-state index < -0.39 is 0 Å². The average molecular weight is 236 g/mol. The van der Waals surface area contributed by atoms with E-state index in [0.29, 0.717) is 12.0 Å². The number of hydrogen-bond acceptors (Lipinski definition) is 3. The molecule has 2 aromatic rings. The zero-order valence-electron chi connectivity index (χ0n) is 8.82. The summed E-state index contributed by atoms with van der Waals surface area (Å²) >= 11 is 1.67. The molecule has 1 aromatic carbocycles. The van der Waals surface area contributed by atoms with Gasteiger partial charge in [-0.2, -0.15) is 0 Å². The van der Waals surface area contributed by atoms with Crippen LogP contribution in [0.5, 0.6) is 0 Å². The van der Waals surface area contributed by atoms with Crippen LogP contribution in [0, 0.1) is 5.82 Å². The molecule has 4 heteroatoms. The van der Waals surface area contributed by atoms with Gasteiger partial charge in [-0.25, -0.2) is 9.37 Å². The summed E-state index contributed by atoms with van der Waals surface area (Å²) in [6.45, 7) is 0. The second-order valence-electron chi connectivity index (χ2n) is 4.43. The Morgan fingerprint density at radius 1 is 1.38 bits per heavy atom. The second kappa shape index (κ2) is 3.79. The van der Waals surface area contributed by atoms with Gasteiger partial charge >= 0.3 is 0 Å². The monoisotopic (exact) mass is 236 g/mol. The molecule has 0 unspecified atom stereocenters. The highest BCUT2D eigenvalue weighted by Crippen LogP contribution is 2.37. The molecule has 0 saturated heterocycles. The van der Waals surface area contributed by atoms with Gasteiger partial charge in [-0.1, -0.05) is 0 Å². The second-order valence-corrected chi connectivity index (χ2v) is 5.50. The van der Waals surface area contributed by atoms with Gasteiger partial charge in [0.15, 0.2) is 0 Å². The lowest BCUT2D eigenvalue weighted by molar-refractivity contribution is 0.629. The molecule has 1 aromatic heterocycles. The number of aromatic nitrogens is 1. The SMILES string of the molecule is N[C@H]1CC[C@@H](c2nc3cc(F)ccc3s2)C1. The maximum Gasteiger partial charge on any atom is 0.125 e. The Morgan fingerprint density at radius 3 is 3.00 bits per heavy atom. The number of nitrogens with zero attached hydrogens (tertiary/aromatic N) is 1. The van der Waals surface area contributed by atoms with Crippen LogP contribution < -0.4 is 5.73 Å². The lowest BCUT2D eigenvalue weighted by atomic mass is 10.1. The van der Waals surface area contributed by atoms with Gasteiger partial charge in [-0.15, -0.1) is 11.3 Å². The minimum atomic E-state index is -0.215. The topological polar surface area (TPSA) is 38.9 Å². The third-order valence-electron chi connectivity index (χ3n) is 3.19. The largest absolute Gasteiger partial charge is 0.328 e. The van der Waals surface area contributed by atoms with Crippen molar-refractivity contribution in [2.24, 2.45) is 5.73 Å². The highest BCUT2D eigenvalue weighted by molar-refractivity contribution is 7.18. The molecule has 0 amide bonds. The van der Waals surface area contributed by atoms with Crippen molar-refractivity contribution in [2.45, 2.75) is 31.2 Å². The molecule has 0 aliphatic heterocycles. The highest BCUT2D eigenvalue weighted by Gasteiger charge is 2.25. The van der Waals surface area contributed by atoms with Crippen molar-refractivity contribution in [1.82, 2.24) is 4.98 Å². The molecular formula is C12H13FN2S. The van der Waals surface area contributed by atoms with Crippen LogP contribution in [0.2, 0.25) is 0 Å². The summed E-state index contributed by atoms with van der Waals surface area (Å²) in [5.41, 5.74) is 6.68. The molecule has 0 radical (unpaired) electrons. The molecule has 84 valence electrons. The van der Waals surface area contributed by atoms with Crippen LogP contribution in [0.3, 0.4) is 0 Å². The normalized spacial score (nSPS) is 25.4. The maximum atomic E-state index is 13.0. The summed E-state index contributed by atoms with van der Waals surface area (Å²) < 4.78 is 14.1. The Hall–Kier alpha value is -1.00. The summed E-state index contributed by atoms with van der Waals surface area (Å²) in [6, 6.07) is 5.11. The van der Waals surface area contributed by atoms with Crippen LogP contribution in [0.1, 0.15) is 30.2 Å². The zero-order chi connectivity index (χ0) is 11.1. The summed E-state index contributed by atoms with van der Waals surface area (Å²) in [4.78, 5) is 4.51. The van der Waals surface area contributed by atoms with E-state index in [-0.39, 0.29) is 5.82 Å². The van der Waals surface area contributed by atoms with Gasteiger partial charge in [0, 0.05) is 18.0 Å². The lowest BCUT2D eigenvalue weighted by Crippen LogP contribution is -2.14. The van der Waals surface area contributed by atoms with Crippen molar-refractivity contribution >= 4 is 21.6 Å². The van der Waals surface area contributed by atoms with Crippen LogP contribution in [0.4, 0.5) is 4.39 Å². The van der Waals surface area contributed by atoms with Crippen molar-refractivity contribution in [1.29, 1.82) is 0 Å². The maximum absolute atomic E-state index is 13.0. The third-order valence-corrected chi connectivity index (χ3v) is 4.39. The number of fused-ring (bicyclic) bond motifs is 1. The Kier molecular flexibility index (Phi) is 2.41. The van der Waals surface area contributed by atoms with Gasteiger partial charge in [0.1, 0.15) is 5.82 Å². The van der Waals surface area contributed by atoms with Crippen molar-refractivity contribution in [3.63, 3.8) is 0 Å². The predicted molar refractivity (Wildman–Crippen MR) is 64.1 cm³/mol. The third kappa shape index (κ3) is 1.72. The van der Waals surface area contributed by atoms with Crippen molar-refractivity contribution < 1.29 is 4.39 Å². The lowest BCUT2D eigenvalue weighted by Gasteiger charge is -2.03. The van der Waals surface area contributed by atoms with Crippen LogP contribution >= 0.6 is 11.3 Å². The van der Waals surface area contributed by atoms with E-state index in [2.05, 4.69) is 4.98 Å². The fraction of sp³-hybridized carbons (Fsp3) is 0.417. The van der Waals surface area contributed by atoms with E-state index in [1.165, 1.54) is 12.1 Å². The number of halogens is 1. The van der Waals surface area contributed by atoms with Crippen molar-refractivity contribution in [2.75, 3.05) is 0 Å². The number of hydrogen-bond donors (Lipinski definition) is 1. The minimum Gasteiger partial charge on any atom is -0.328 e.